The third-order valence-corrected chi connectivity index (χ3v) is 3.79. The molecule has 0 nitrogen and oxygen atoms in total. The Morgan fingerprint density at radius 3 is 2.38 bits per heavy atom. The molecule has 0 saturated heterocycles. The van der Waals surface area contributed by atoms with Crippen molar-refractivity contribution in [1.82, 2.24) is 0 Å². The summed E-state index contributed by atoms with van der Waals surface area (Å²) in [6, 6.07) is 8.27. The lowest BCUT2D eigenvalue weighted by atomic mass is 9.98. The smallest absolute Gasteiger partial charge is 0.0406 e. The van der Waals surface area contributed by atoms with Gasteiger partial charge in [0.15, 0.2) is 0 Å². The Kier molecular flexibility index (Phi) is 2.95. The lowest BCUT2D eigenvalue weighted by molar-refractivity contribution is 0.725. The Labute approximate surface area is 92.4 Å². The van der Waals surface area contributed by atoms with E-state index >= 15 is 0 Å². The van der Waals surface area contributed by atoms with E-state index in [1.807, 2.05) is 12.1 Å². The third-order valence-electron chi connectivity index (χ3n) is 2.71. The molecule has 1 aromatic rings. The SMILES string of the molecule is Clc1ccc(C2CCC(Br)C2)cc1. The van der Waals surface area contributed by atoms with Crippen LogP contribution in [0.15, 0.2) is 24.3 Å². The average molecular weight is 260 g/mol. The van der Waals surface area contributed by atoms with Crippen molar-refractivity contribution in [2.45, 2.75) is 30.0 Å². The maximum atomic E-state index is 5.84. The van der Waals surface area contributed by atoms with Crippen molar-refractivity contribution >= 4 is 27.5 Å². The van der Waals surface area contributed by atoms with Gasteiger partial charge in [0.1, 0.15) is 0 Å². The molecule has 1 saturated carbocycles. The predicted molar refractivity (Wildman–Crippen MR) is 60.8 cm³/mol. The van der Waals surface area contributed by atoms with Crippen LogP contribution >= 0.6 is 27.5 Å². The molecule has 0 heterocycles. The first kappa shape index (κ1) is 9.54. The molecule has 13 heavy (non-hydrogen) atoms. The minimum absolute atomic E-state index is 0.716. The lowest BCUT2D eigenvalue weighted by Gasteiger charge is -2.08. The van der Waals surface area contributed by atoms with Crippen LogP contribution in [-0.4, -0.2) is 4.83 Å². The molecule has 2 atom stereocenters. The van der Waals surface area contributed by atoms with Crippen LogP contribution in [0.1, 0.15) is 30.7 Å². The topological polar surface area (TPSA) is 0 Å². The van der Waals surface area contributed by atoms with Crippen molar-refractivity contribution in [3.63, 3.8) is 0 Å². The van der Waals surface area contributed by atoms with E-state index in [1.165, 1.54) is 24.8 Å². The van der Waals surface area contributed by atoms with Crippen molar-refractivity contribution in [3.05, 3.63) is 34.9 Å². The van der Waals surface area contributed by atoms with Crippen LogP contribution in [0.4, 0.5) is 0 Å². The van der Waals surface area contributed by atoms with Gasteiger partial charge in [-0.1, -0.05) is 39.7 Å². The quantitative estimate of drug-likeness (QED) is 0.657. The lowest BCUT2D eigenvalue weighted by Crippen LogP contribution is -1.93. The molecule has 2 unspecified atom stereocenters. The second-order valence-corrected chi connectivity index (χ2v) is 5.39. The number of hydrogen-bond donors (Lipinski definition) is 0. The molecule has 0 bridgehead atoms. The molecular weight excluding hydrogens is 247 g/mol. The molecule has 2 heteroatoms. The number of halogens is 2. The Bertz CT molecular complexity index is 281. The van der Waals surface area contributed by atoms with E-state index in [1.54, 1.807) is 0 Å². The van der Waals surface area contributed by atoms with E-state index < -0.39 is 0 Å². The van der Waals surface area contributed by atoms with Gasteiger partial charge in [-0.2, -0.15) is 0 Å². The van der Waals surface area contributed by atoms with Crippen molar-refractivity contribution in [2.24, 2.45) is 0 Å². The van der Waals surface area contributed by atoms with Crippen molar-refractivity contribution < 1.29 is 0 Å². The maximum absolute atomic E-state index is 5.84. The molecule has 2 rings (SSSR count). The highest BCUT2D eigenvalue weighted by Crippen LogP contribution is 2.37. The molecule has 1 aliphatic carbocycles. The Morgan fingerprint density at radius 1 is 1.15 bits per heavy atom. The van der Waals surface area contributed by atoms with Gasteiger partial charge in [-0.25, -0.2) is 0 Å². The summed E-state index contributed by atoms with van der Waals surface area (Å²) >= 11 is 9.50. The minimum Gasteiger partial charge on any atom is -0.0890 e. The van der Waals surface area contributed by atoms with Crippen molar-refractivity contribution in [3.8, 4) is 0 Å². The summed E-state index contributed by atoms with van der Waals surface area (Å²) in [6.07, 6.45) is 3.87. The van der Waals surface area contributed by atoms with Gasteiger partial charge in [-0.3, -0.25) is 0 Å². The standard InChI is InChI=1S/C11H12BrCl/c12-10-4-1-9(7-10)8-2-5-11(13)6-3-8/h2-3,5-6,9-10H,1,4,7H2. The zero-order valence-electron chi connectivity index (χ0n) is 7.34. The van der Waals surface area contributed by atoms with Crippen LogP contribution in [-0.2, 0) is 0 Å². The van der Waals surface area contributed by atoms with Gasteiger partial charge in [0.2, 0.25) is 0 Å². The molecule has 1 aromatic carbocycles. The number of benzene rings is 1. The van der Waals surface area contributed by atoms with Gasteiger partial charge < -0.3 is 0 Å². The molecular formula is C11H12BrCl. The number of hydrogen-bond acceptors (Lipinski definition) is 0. The maximum Gasteiger partial charge on any atom is 0.0406 e. The average Bonchev–Trinajstić information content (AvgIpc) is 2.53. The van der Waals surface area contributed by atoms with Gasteiger partial charge in [0.25, 0.3) is 0 Å². The normalized spacial score (nSPS) is 27.8. The van der Waals surface area contributed by atoms with Gasteiger partial charge in [-0.15, -0.1) is 0 Å². The summed E-state index contributed by atoms with van der Waals surface area (Å²) in [6.45, 7) is 0. The molecule has 0 N–H and O–H groups in total. The second kappa shape index (κ2) is 4.02. The van der Waals surface area contributed by atoms with Crippen molar-refractivity contribution in [2.75, 3.05) is 0 Å². The summed E-state index contributed by atoms with van der Waals surface area (Å²) in [7, 11) is 0. The van der Waals surface area contributed by atoms with Crippen molar-refractivity contribution in [1.29, 1.82) is 0 Å². The van der Waals surface area contributed by atoms with E-state index in [4.69, 9.17) is 11.6 Å². The first-order valence-electron chi connectivity index (χ1n) is 4.65. The molecule has 0 aromatic heterocycles. The minimum atomic E-state index is 0.716. The molecule has 0 amide bonds. The first-order valence-corrected chi connectivity index (χ1v) is 5.94. The van der Waals surface area contributed by atoms with Crippen LogP contribution in [0.25, 0.3) is 0 Å². The predicted octanol–water partition coefficient (Wildman–Crippen LogP) is 4.37. The highest BCUT2D eigenvalue weighted by atomic mass is 79.9. The fourth-order valence-electron chi connectivity index (χ4n) is 1.96. The van der Waals surface area contributed by atoms with Gasteiger partial charge in [-0.05, 0) is 42.9 Å². The third kappa shape index (κ3) is 2.26. The zero-order valence-corrected chi connectivity index (χ0v) is 9.68. The van der Waals surface area contributed by atoms with Crippen LogP contribution in [0.3, 0.4) is 0 Å². The monoisotopic (exact) mass is 258 g/mol. The van der Waals surface area contributed by atoms with Crippen LogP contribution in [0.5, 0.6) is 0 Å². The van der Waals surface area contributed by atoms with E-state index in [0.29, 0.717) is 4.83 Å². The molecule has 1 aliphatic rings. The first-order chi connectivity index (χ1) is 6.25. The second-order valence-electron chi connectivity index (χ2n) is 3.66. The zero-order chi connectivity index (χ0) is 9.26. The van der Waals surface area contributed by atoms with E-state index in [0.717, 1.165) is 10.9 Å². The summed E-state index contributed by atoms with van der Waals surface area (Å²) < 4.78 is 0. The van der Waals surface area contributed by atoms with Gasteiger partial charge >= 0.3 is 0 Å². The van der Waals surface area contributed by atoms with Gasteiger partial charge in [0.05, 0.1) is 0 Å². The number of rotatable bonds is 1. The Balaban J connectivity index is 2.13. The summed E-state index contributed by atoms with van der Waals surface area (Å²) in [4.78, 5) is 0.716. The van der Waals surface area contributed by atoms with Crippen LogP contribution in [0, 0.1) is 0 Å². The summed E-state index contributed by atoms with van der Waals surface area (Å²) in [5.41, 5.74) is 1.44. The summed E-state index contributed by atoms with van der Waals surface area (Å²) in [5, 5.41) is 0.831. The molecule has 0 radical (unpaired) electrons. The molecule has 1 fully saturated rings. The van der Waals surface area contributed by atoms with Gasteiger partial charge in [0, 0.05) is 9.85 Å². The number of alkyl halides is 1. The molecule has 0 spiro atoms. The van der Waals surface area contributed by atoms with Crippen LogP contribution in [0.2, 0.25) is 5.02 Å². The fourth-order valence-corrected chi connectivity index (χ4v) is 2.81. The van der Waals surface area contributed by atoms with E-state index in [2.05, 4.69) is 28.1 Å². The highest BCUT2D eigenvalue weighted by Gasteiger charge is 2.23. The Morgan fingerprint density at radius 2 is 1.85 bits per heavy atom. The van der Waals surface area contributed by atoms with E-state index in [9.17, 15) is 0 Å². The van der Waals surface area contributed by atoms with E-state index in [-0.39, 0.29) is 0 Å². The fraction of sp³-hybridized carbons (Fsp3) is 0.455. The Hall–Kier alpha value is -0.0100. The largest absolute Gasteiger partial charge is 0.0890 e. The molecule has 70 valence electrons. The van der Waals surface area contributed by atoms with Crippen LogP contribution < -0.4 is 0 Å². The highest BCUT2D eigenvalue weighted by molar-refractivity contribution is 9.09. The molecule has 0 aliphatic heterocycles. The summed E-state index contributed by atoms with van der Waals surface area (Å²) in [5.74, 6) is 0.738.